The van der Waals surface area contributed by atoms with Crippen molar-refractivity contribution >= 4 is 5.91 Å². The summed E-state index contributed by atoms with van der Waals surface area (Å²) in [7, 11) is 1.62. The molecule has 1 amide bonds. The Bertz CT molecular complexity index is 410. The first-order valence-electron chi connectivity index (χ1n) is 6.37. The molecular formula is C14H20N2O2. The van der Waals surface area contributed by atoms with Gasteiger partial charge in [-0.3, -0.25) is 4.79 Å². The molecule has 0 unspecified atom stereocenters. The molecule has 0 atom stereocenters. The van der Waals surface area contributed by atoms with Crippen LogP contribution in [0.4, 0.5) is 0 Å². The minimum absolute atomic E-state index is 0.0710. The highest BCUT2D eigenvalue weighted by Crippen LogP contribution is 2.30. The number of aliphatic hydroxyl groups is 1. The number of amides is 1. The number of carbonyl (C=O) groups excluding carboxylic acids is 1. The second kappa shape index (κ2) is 5.50. The average Bonchev–Trinajstić information content (AvgIpc) is 2.36. The zero-order chi connectivity index (χ0) is 13.0. The Balaban J connectivity index is 1.81. The third kappa shape index (κ3) is 3.09. The monoisotopic (exact) mass is 248 g/mol. The van der Waals surface area contributed by atoms with E-state index >= 15 is 0 Å². The predicted molar refractivity (Wildman–Crippen MR) is 70.3 cm³/mol. The fourth-order valence-electron chi connectivity index (χ4n) is 2.12. The second-order valence-corrected chi connectivity index (χ2v) is 4.96. The van der Waals surface area contributed by atoms with Crippen molar-refractivity contribution in [3.05, 3.63) is 35.4 Å². The van der Waals surface area contributed by atoms with Crippen molar-refractivity contribution in [3.63, 3.8) is 0 Å². The first kappa shape index (κ1) is 13.1. The van der Waals surface area contributed by atoms with Crippen molar-refractivity contribution in [2.75, 3.05) is 13.6 Å². The summed E-state index contributed by atoms with van der Waals surface area (Å²) in [4.78, 5) is 11.4. The Morgan fingerprint density at radius 2 is 2.00 bits per heavy atom. The van der Waals surface area contributed by atoms with Crippen molar-refractivity contribution in [2.24, 2.45) is 0 Å². The lowest BCUT2D eigenvalue weighted by atomic mass is 9.80. The van der Waals surface area contributed by atoms with Crippen molar-refractivity contribution in [3.8, 4) is 0 Å². The molecule has 0 bridgehead atoms. The summed E-state index contributed by atoms with van der Waals surface area (Å²) < 4.78 is 0. The summed E-state index contributed by atoms with van der Waals surface area (Å²) in [5.74, 6) is -0.0710. The van der Waals surface area contributed by atoms with E-state index in [0.29, 0.717) is 12.1 Å². The largest absolute Gasteiger partial charge is 0.389 e. The smallest absolute Gasteiger partial charge is 0.251 e. The second-order valence-electron chi connectivity index (χ2n) is 4.96. The molecule has 98 valence electrons. The van der Waals surface area contributed by atoms with E-state index in [-0.39, 0.29) is 5.91 Å². The van der Waals surface area contributed by atoms with E-state index in [1.807, 2.05) is 24.3 Å². The van der Waals surface area contributed by atoms with Gasteiger partial charge in [-0.2, -0.15) is 0 Å². The van der Waals surface area contributed by atoms with Gasteiger partial charge < -0.3 is 15.7 Å². The number of carbonyl (C=O) groups is 1. The van der Waals surface area contributed by atoms with Crippen LogP contribution in [0.2, 0.25) is 0 Å². The third-order valence-electron chi connectivity index (χ3n) is 3.51. The molecule has 0 spiro atoms. The SMILES string of the molecule is CNC(=O)c1ccc(CNCC2(O)CCC2)cc1. The lowest BCUT2D eigenvalue weighted by molar-refractivity contribution is -0.0314. The van der Waals surface area contributed by atoms with Gasteiger partial charge in [-0.25, -0.2) is 0 Å². The molecule has 1 aromatic carbocycles. The highest BCUT2D eigenvalue weighted by atomic mass is 16.3. The molecule has 1 aliphatic carbocycles. The van der Waals surface area contributed by atoms with Crippen molar-refractivity contribution in [1.82, 2.24) is 10.6 Å². The third-order valence-corrected chi connectivity index (χ3v) is 3.51. The van der Waals surface area contributed by atoms with Crippen molar-refractivity contribution < 1.29 is 9.90 Å². The van der Waals surface area contributed by atoms with Gasteiger partial charge in [0, 0.05) is 25.7 Å². The standard InChI is InChI=1S/C14H20N2O2/c1-15-13(17)12-5-3-11(4-6-12)9-16-10-14(18)7-2-8-14/h3-6,16,18H,2,7-10H2,1H3,(H,15,17). The molecule has 0 saturated heterocycles. The van der Waals surface area contributed by atoms with E-state index in [4.69, 9.17) is 0 Å². The van der Waals surface area contributed by atoms with Gasteiger partial charge in [-0.15, -0.1) is 0 Å². The minimum atomic E-state index is -0.484. The fraction of sp³-hybridized carbons (Fsp3) is 0.500. The number of benzene rings is 1. The summed E-state index contributed by atoms with van der Waals surface area (Å²) in [5, 5.41) is 15.8. The molecule has 18 heavy (non-hydrogen) atoms. The van der Waals surface area contributed by atoms with Gasteiger partial charge in [0.15, 0.2) is 0 Å². The van der Waals surface area contributed by atoms with Crippen LogP contribution in [0.25, 0.3) is 0 Å². The minimum Gasteiger partial charge on any atom is -0.389 e. The van der Waals surface area contributed by atoms with Crippen LogP contribution in [0.15, 0.2) is 24.3 Å². The van der Waals surface area contributed by atoms with Crippen LogP contribution in [0.5, 0.6) is 0 Å². The number of rotatable bonds is 5. The molecule has 4 nitrogen and oxygen atoms in total. The Hall–Kier alpha value is -1.39. The van der Waals surface area contributed by atoms with E-state index in [9.17, 15) is 9.90 Å². The van der Waals surface area contributed by atoms with Crippen LogP contribution in [0.3, 0.4) is 0 Å². The van der Waals surface area contributed by atoms with Gasteiger partial charge in [0.05, 0.1) is 5.60 Å². The maximum absolute atomic E-state index is 11.4. The highest BCUT2D eigenvalue weighted by Gasteiger charge is 2.33. The predicted octanol–water partition coefficient (Wildman–Crippen LogP) is 1.05. The number of hydrogen-bond acceptors (Lipinski definition) is 3. The lowest BCUT2D eigenvalue weighted by Gasteiger charge is -2.36. The van der Waals surface area contributed by atoms with Gasteiger partial charge in [-0.1, -0.05) is 12.1 Å². The normalized spacial score (nSPS) is 17.0. The van der Waals surface area contributed by atoms with E-state index < -0.39 is 5.60 Å². The molecular weight excluding hydrogens is 228 g/mol. The van der Waals surface area contributed by atoms with Crippen LogP contribution in [-0.2, 0) is 6.54 Å². The van der Waals surface area contributed by atoms with Gasteiger partial charge in [0.1, 0.15) is 0 Å². The molecule has 2 rings (SSSR count). The molecule has 1 aromatic rings. The van der Waals surface area contributed by atoms with E-state index in [1.54, 1.807) is 7.05 Å². The summed E-state index contributed by atoms with van der Waals surface area (Å²) in [5.41, 5.74) is 1.30. The first-order chi connectivity index (χ1) is 8.63. The molecule has 0 aromatic heterocycles. The zero-order valence-electron chi connectivity index (χ0n) is 10.7. The molecule has 1 fully saturated rings. The maximum atomic E-state index is 11.4. The first-order valence-corrected chi connectivity index (χ1v) is 6.37. The fourth-order valence-corrected chi connectivity index (χ4v) is 2.12. The van der Waals surface area contributed by atoms with Gasteiger partial charge in [0.25, 0.3) is 5.91 Å². The number of hydrogen-bond donors (Lipinski definition) is 3. The molecule has 0 heterocycles. The highest BCUT2D eigenvalue weighted by molar-refractivity contribution is 5.93. The van der Waals surface area contributed by atoms with Gasteiger partial charge in [-0.05, 0) is 37.0 Å². The van der Waals surface area contributed by atoms with Gasteiger partial charge >= 0.3 is 0 Å². The van der Waals surface area contributed by atoms with Crippen LogP contribution in [0, 0.1) is 0 Å². The summed E-state index contributed by atoms with van der Waals surface area (Å²) in [6.45, 7) is 1.36. The van der Waals surface area contributed by atoms with E-state index in [2.05, 4.69) is 10.6 Å². The Morgan fingerprint density at radius 1 is 1.33 bits per heavy atom. The van der Waals surface area contributed by atoms with E-state index in [0.717, 1.165) is 31.4 Å². The number of nitrogens with one attached hydrogen (secondary N) is 2. The van der Waals surface area contributed by atoms with Crippen LogP contribution in [0.1, 0.15) is 35.2 Å². The zero-order valence-corrected chi connectivity index (χ0v) is 10.7. The Morgan fingerprint density at radius 3 is 2.50 bits per heavy atom. The van der Waals surface area contributed by atoms with Gasteiger partial charge in [0.2, 0.25) is 0 Å². The maximum Gasteiger partial charge on any atom is 0.251 e. The summed E-state index contributed by atoms with van der Waals surface area (Å²) >= 11 is 0. The van der Waals surface area contributed by atoms with Crippen molar-refractivity contribution in [2.45, 2.75) is 31.4 Å². The molecule has 1 aliphatic rings. The molecule has 1 saturated carbocycles. The van der Waals surface area contributed by atoms with Crippen LogP contribution in [-0.4, -0.2) is 30.2 Å². The molecule has 0 aliphatic heterocycles. The molecule has 4 heteroatoms. The molecule has 3 N–H and O–H groups in total. The summed E-state index contributed by atoms with van der Waals surface area (Å²) in [6.07, 6.45) is 2.92. The van der Waals surface area contributed by atoms with Crippen LogP contribution >= 0.6 is 0 Å². The topological polar surface area (TPSA) is 61.4 Å². The quantitative estimate of drug-likeness (QED) is 0.730. The van der Waals surface area contributed by atoms with Crippen LogP contribution < -0.4 is 10.6 Å². The molecule has 0 radical (unpaired) electrons. The Kier molecular flexibility index (Phi) is 3.99. The average molecular weight is 248 g/mol. The summed E-state index contributed by atoms with van der Waals surface area (Å²) in [6, 6.07) is 7.49. The van der Waals surface area contributed by atoms with E-state index in [1.165, 1.54) is 0 Å². The lowest BCUT2D eigenvalue weighted by Crippen LogP contribution is -2.45. The van der Waals surface area contributed by atoms with Crippen molar-refractivity contribution in [1.29, 1.82) is 0 Å². The Labute approximate surface area is 107 Å².